The molecule has 1 N–H and O–H groups in total. The van der Waals surface area contributed by atoms with Crippen LogP contribution in [0.5, 0.6) is 0 Å². The third-order valence-electron chi connectivity index (χ3n) is 4.21. The maximum absolute atomic E-state index is 12.6. The van der Waals surface area contributed by atoms with E-state index in [1.807, 2.05) is 6.07 Å². The Balaban J connectivity index is 1.71. The maximum Gasteiger partial charge on any atom is 0.270 e. The van der Waals surface area contributed by atoms with Crippen molar-refractivity contribution >= 4 is 35.0 Å². The molecule has 1 fully saturated rings. The molecule has 2 amide bonds. The van der Waals surface area contributed by atoms with Crippen molar-refractivity contribution in [3.8, 4) is 11.1 Å². The number of benzene rings is 1. The third kappa shape index (κ3) is 3.72. The maximum atomic E-state index is 12.6. The highest BCUT2D eigenvalue weighted by Crippen LogP contribution is 2.30. The van der Waals surface area contributed by atoms with Gasteiger partial charge in [-0.15, -0.1) is 0 Å². The Hall–Kier alpha value is -2.24. The number of rotatable bonds is 3. The van der Waals surface area contributed by atoms with Crippen molar-refractivity contribution in [1.82, 2.24) is 14.8 Å². The lowest BCUT2D eigenvalue weighted by atomic mass is 10.1. The Labute approximate surface area is 155 Å². The molecule has 3 rings (SSSR count). The first kappa shape index (κ1) is 17.6. The summed E-state index contributed by atoms with van der Waals surface area (Å²) in [5.41, 5.74) is 2.12. The van der Waals surface area contributed by atoms with Gasteiger partial charge in [-0.25, -0.2) is 0 Å². The summed E-state index contributed by atoms with van der Waals surface area (Å²) in [6.07, 6.45) is 3.05. The summed E-state index contributed by atoms with van der Waals surface area (Å²) in [5, 5.41) is 1.09. The van der Waals surface area contributed by atoms with Crippen molar-refractivity contribution < 1.29 is 9.59 Å². The van der Waals surface area contributed by atoms with Crippen LogP contribution in [0.1, 0.15) is 10.5 Å². The van der Waals surface area contributed by atoms with E-state index >= 15 is 0 Å². The van der Waals surface area contributed by atoms with Crippen LogP contribution in [0.2, 0.25) is 10.0 Å². The second-order valence-electron chi connectivity index (χ2n) is 5.75. The highest BCUT2D eigenvalue weighted by Gasteiger charge is 2.24. The monoisotopic (exact) mass is 377 g/mol. The zero-order chi connectivity index (χ0) is 18.0. The molecule has 0 radical (unpaired) electrons. The highest BCUT2D eigenvalue weighted by atomic mass is 35.5. The minimum atomic E-state index is -0.105. The summed E-state index contributed by atoms with van der Waals surface area (Å²) in [6.45, 7) is 5.49. The predicted molar refractivity (Wildman–Crippen MR) is 98.9 cm³/mol. The molecule has 0 saturated carbocycles. The number of nitrogens with zero attached hydrogens (tertiary/aromatic N) is 2. The van der Waals surface area contributed by atoms with Crippen LogP contribution in [-0.4, -0.2) is 52.8 Å². The molecule has 0 unspecified atom stereocenters. The molecule has 25 heavy (non-hydrogen) atoms. The summed E-state index contributed by atoms with van der Waals surface area (Å²) < 4.78 is 0. The SMILES string of the molecule is C=CC(=O)N1CCN(C(=O)c2cc(-c3ccc(Cl)cc3Cl)c[nH]2)CC1. The largest absolute Gasteiger partial charge is 0.357 e. The lowest BCUT2D eigenvalue weighted by molar-refractivity contribution is -0.127. The summed E-state index contributed by atoms with van der Waals surface area (Å²) in [4.78, 5) is 30.7. The van der Waals surface area contributed by atoms with Crippen molar-refractivity contribution in [2.45, 2.75) is 0 Å². The summed E-state index contributed by atoms with van der Waals surface area (Å²) in [5.74, 6) is -0.200. The number of amides is 2. The molecule has 0 bridgehead atoms. The number of halogens is 2. The van der Waals surface area contributed by atoms with Crippen LogP contribution in [0.3, 0.4) is 0 Å². The van der Waals surface area contributed by atoms with Gasteiger partial charge in [-0.2, -0.15) is 0 Å². The van der Waals surface area contributed by atoms with Crippen molar-refractivity contribution in [2.24, 2.45) is 0 Å². The molecular formula is C18H17Cl2N3O2. The highest BCUT2D eigenvalue weighted by molar-refractivity contribution is 6.36. The summed E-state index contributed by atoms with van der Waals surface area (Å²) in [7, 11) is 0. The fourth-order valence-corrected chi connectivity index (χ4v) is 3.34. The summed E-state index contributed by atoms with van der Waals surface area (Å²) in [6, 6.07) is 7.02. The molecule has 0 atom stereocenters. The number of aromatic nitrogens is 1. The number of hydrogen-bond donors (Lipinski definition) is 1. The quantitative estimate of drug-likeness (QED) is 0.832. The molecule has 2 aromatic rings. The van der Waals surface area contributed by atoms with Gasteiger partial charge in [-0.05, 0) is 24.3 Å². The van der Waals surface area contributed by atoms with Gasteiger partial charge in [0.15, 0.2) is 0 Å². The minimum absolute atomic E-state index is 0.0953. The average Bonchev–Trinajstić information content (AvgIpc) is 3.10. The van der Waals surface area contributed by atoms with E-state index < -0.39 is 0 Å². The molecule has 130 valence electrons. The van der Waals surface area contributed by atoms with Crippen LogP contribution in [0.15, 0.2) is 43.1 Å². The lowest BCUT2D eigenvalue weighted by Gasteiger charge is -2.34. The normalized spacial score (nSPS) is 14.5. The number of hydrogen-bond acceptors (Lipinski definition) is 2. The fraction of sp³-hybridized carbons (Fsp3) is 0.222. The molecule has 0 spiro atoms. The molecular weight excluding hydrogens is 361 g/mol. The van der Waals surface area contributed by atoms with Crippen LogP contribution in [0.25, 0.3) is 11.1 Å². The van der Waals surface area contributed by atoms with Crippen molar-refractivity contribution in [2.75, 3.05) is 26.2 Å². The molecule has 1 aliphatic rings. The first-order chi connectivity index (χ1) is 12.0. The Kier molecular flexibility index (Phi) is 5.16. The van der Waals surface area contributed by atoms with Crippen LogP contribution < -0.4 is 0 Å². The van der Waals surface area contributed by atoms with E-state index in [0.717, 1.165) is 11.1 Å². The van der Waals surface area contributed by atoms with Gasteiger partial charge in [-0.3, -0.25) is 9.59 Å². The van der Waals surface area contributed by atoms with Gasteiger partial charge in [0.05, 0.1) is 0 Å². The number of carbonyl (C=O) groups excluding carboxylic acids is 2. The number of piperazine rings is 1. The molecule has 1 aromatic heterocycles. The average molecular weight is 378 g/mol. The van der Waals surface area contributed by atoms with Gasteiger partial charge < -0.3 is 14.8 Å². The first-order valence-electron chi connectivity index (χ1n) is 7.84. The fourth-order valence-electron chi connectivity index (χ4n) is 2.83. The van der Waals surface area contributed by atoms with Gasteiger partial charge >= 0.3 is 0 Å². The molecule has 5 nitrogen and oxygen atoms in total. The van der Waals surface area contributed by atoms with E-state index in [0.29, 0.717) is 41.9 Å². The molecule has 1 saturated heterocycles. The smallest absolute Gasteiger partial charge is 0.270 e. The first-order valence-corrected chi connectivity index (χ1v) is 8.59. The number of aromatic amines is 1. The van der Waals surface area contributed by atoms with Crippen LogP contribution in [0, 0.1) is 0 Å². The molecule has 2 heterocycles. The Morgan fingerprint density at radius 1 is 1.08 bits per heavy atom. The zero-order valence-electron chi connectivity index (χ0n) is 13.5. The summed E-state index contributed by atoms with van der Waals surface area (Å²) >= 11 is 12.1. The van der Waals surface area contributed by atoms with Crippen LogP contribution >= 0.6 is 23.2 Å². The molecule has 0 aliphatic carbocycles. The second-order valence-corrected chi connectivity index (χ2v) is 6.59. The van der Waals surface area contributed by atoms with E-state index in [4.69, 9.17) is 23.2 Å². The number of H-pyrrole nitrogens is 1. The van der Waals surface area contributed by atoms with Crippen molar-refractivity contribution in [3.05, 3.63) is 58.9 Å². The number of nitrogens with one attached hydrogen (secondary N) is 1. The zero-order valence-corrected chi connectivity index (χ0v) is 15.0. The Bertz CT molecular complexity index is 823. The number of carbonyl (C=O) groups is 2. The molecule has 1 aromatic carbocycles. The second kappa shape index (κ2) is 7.33. The van der Waals surface area contributed by atoms with Crippen LogP contribution in [-0.2, 0) is 4.79 Å². The Morgan fingerprint density at radius 3 is 2.40 bits per heavy atom. The minimum Gasteiger partial charge on any atom is -0.357 e. The van der Waals surface area contributed by atoms with Gasteiger partial charge in [-0.1, -0.05) is 35.8 Å². The van der Waals surface area contributed by atoms with E-state index in [9.17, 15) is 9.59 Å². The third-order valence-corrected chi connectivity index (χ3v) is 4.76. The van der Waals surface area contributed by atoms with Crippen molar-refractivity contribution in [3.63, 3.8) is 0 Å². The van der Waals surface area contributed by atoms with E-state index in [-0.39, 0.29) is 11.8 Å². The van der Waals surface area contributed by atoms with E-state index in [2.05, 4.69) is 11.6 Å². The topological polar surface area (TPSA) is 56.4 Å². The van der Waals surface area contributed by atoms with E-state index in [1.165, 1.54) is 6.08 Å². The van der Waals surface area contributed by atoms with Crippen molar-refractivity contribution in [1.29, 1.82) is 0 Å². The van der Waals surface area contributed by atoms with Gasteiger partial charge in [0.1, 0.15) is 5.69 Å². The Morgan fingerprint density at radius 2 is 1.76 bits per heavy atom. The lowest BCUT2D eigenvalue weighted by Crippen LogP contribution is -2.50. The standard InChI is InChI=1S/C18H17Cl2N3O2/c1-2-17(24)22-5-7-23(8-6-22)18(25)16-9-12(11-21-16)14-4-3-13(19)10-15(14)20/h2-4,9-11,21H,1,5-8H2. The molecule has 1 aliphatic heterocycles. The predicted octanol–water partition coefficient (Wildman–Crippen LogP) is 3.46. The van der Waals surface area contributed by atoms with Crippen LogP contribution in [0.4, 0.5) is 0 Å². The van der Waals surface area contributed by atoms with E-state index in [1.54, 1.807) is 34.2 Å². The van der Waals surface area contributed by atoms with Gasteiger partial charge in [0.25, 0.3) is 5.91 Å². The molecule has 7 heteroatoms. The van der Waals surface area contributed by atoms with Gasteiger partial charge in [0.2, 0.25) is 5.91 Å². The van der Waals surface area contributed by atoms with Gasteiger partial charge in [0, 0.05) is 53.5 Å².